The van der Waals surface area contributed by atoms with Crippen LogP contribution in [0.5, 0.6) is 0 Å². The van der Waals surface area contributed by atoms with E-state index in [2.05, 4.69) is 64.2 Å². The highest BCUT2D eigenvalue weighted by Crippen LogP contribution is 2.43. The van der Waals surface area contributed by atoms with Crippen molar-refractivity contribution < 1.29 is 9.22 Å². The highest BCUT2D eigenvalue weighted by molar-refractivity contribution is 6.74. The van der Waals surface area contributed by atoms with Crippen LogP contribution >= 0.6 is 0 Å². The van der Waals surface area contributed by atoms with Crippen molar-refractivity contribution in [1.29, 1.82) is 0 Å². The summed E-state index contributed by atoms with van der Waals surface area (Å²) in [6.07, 6.45) is 5.05. The number of ketones is 1. The van der Waals surface area contributed by atoms with E-state index in [9.17, 15) is 4.79 Å². The van der Waals surface area contributed by atoms with Gasteiger partial charge in [-0.25, -0.2) is 0 Å². The fourth-order valence-electron chi connectivity index (χ4n) is 2.92. The summed E-state index contributed by atoms with van der Waals surface area (Å²) in [5.74, 6) is 0.505. The summed E-state index contributed by atoms with van der Waals surface area (Å²) in [4.78, 5) is 11.7. The number of hydrogen-bond donors (Lipinski definition) is 0. The lowest BCUT2D eigenvalue weighted by Gasteiger charge is -2.40. The van der Waals surface area contributed by atoms with Gasteiger partial charge >= 0.3 is 0 Å². The van der Waals surface area contributed by atoms with Gasteiger partial charge in [0, 0.05) is 5.92 Å². The molecule has 1 aromatic rings. The van der Waals surface area contributed by atoms with Crippen molar-refractivity contribution in [2.45, 2.75) is 71.2 Å². The first-order chi connectivity index (χ1) is 11.1. The predicted molar refractivity (Wildman–Crippen MR) is 104 cm³/mol. The van der Waals surface area contributed by atoms with E-state index in [-0.39, 0.29) is 17.1 Å². The second-order valence-electron chi connectivity index (χ2n) is 8.53. The maximum Gasteiger partial charge on any atom is 0.193 e. The number of benzene rings is 1. The van der Waals surface area contributed by atoms with Gasteiger partial charge in [0.05, 0.1) is 6.10 Å². The van der Waals surface area contributed by atoms with Gasteiger partial charge in [0.1, 0.15) is 5.78 Å². The second-order valence-corrected chi connectivity index (χ2v) is 13.3. The number of allylic oxidation sites excluding steroid dienone is 1. The standard InChI is InChI=1S/C21H32O2Si/c1-16(22)17-12-14-19(15-13-17)20(18-10-8-7-9-11-18)23-24(5,6)21(2,3)4/h7-11,14,17,20H,12-13,15H2,1-6H3/t17-,20-/m1/s1. The van der Waals surface area contributed by atoms with E-state index in [1.165, 1.54) is 11.1 Å². The second kappa shape index (κ2) is 7.36. The Labute approximate surface area is 148 Å². The Balaban J connectivity index is 2.30. The zero-order chi connectivity index (χ0) is 18.0. The maximum atomic E-state index is 11.7. The molecule has 1 aliphatic rings. The molecule has 0 heterocycles. The molecule has 1 aromatic carbocycles. The van der Waals surface area contributed by atoms with E-state index in [1.54, 1.807) is 6.92 Å². The molecule has 0 radical (unpaired) electrons. The summed E-state index contributed by atoms with van der Waals surface area (Å²) in [5.41, 5.74) is 2.58. The van der Waals surface area contributed by atoms with Crippen LogP contribution in [0.1, 0.15) is 58.6 Å². The highest BCUT2D eigenvalue weighted by Gasteiger charge is 2.40. The lowest BCUT2D eigenvalue weighted by atomic mass is 9.84. The first-order valence-electron chi connectivity index (χ1n) is 9.04. The third kappa shape index (κ3) is 4.45. The molecule has 0 aromatic heterocycles. The van der Waals surface area contributed by atoms with Crippen LogP contribution in [-0.2, 0) is 9.22 Å². The summed E-state index contributed by atoms with van der Waals surface area (Å²) in [6, 6.07) is 10.5. The van der Waals surface area contributed by atoms with E-state index in [0.717, 1.165) is 19.3 Å². The molecule has 0 N–H and O–H groups in total. The molecular formula is C21H32O2Si. The highest BCUT2D eigenvalue weighted by atomic mass is 28.4. The van der Waals surface area contributed by atoms with Crippen LogP contribution in [0, 0.1) is 5.92 Å². The van der Waals surface area contributed by atoms with Crippen LogP contribution in [0.4, 0.5) is 0 Å². The molecule has 0 amide bonds. The quantitative estimate of drug-likeness (QED) is 0.479. The Morgan fingerprint density at radius 3 is 2.29 bits per heavy atom. The topological polar surface area (TPSA) is 26.3 Å². The molecular weight excluding hydrogens is 312 g/mol. The van der Waals surface area contributed by atoms with Crippen LogP contribution in [-0.4, -0.2) is 14.1 Å². The molecule has 0 aliphatic heterocycles. The van der Waals surface area contributed by atoms with E-state index < -0.39 is 8.32 Å². The average Bonchev–Trinajstić information content (AvgIpc) is 2.52. The molecule has 0 saturated heterocycles. The molecule has 3 heteroatoms. The van der Waals surface area contributed by atoms with Gasteiger partial charge < -0.3 is 4.43 Å². The Hall–Kier alpha value is -1.19. The third-order valence-corrected chi connectivity index (χ3v) is 10.1. The minimum absolute atomic E-state index is 0.0278. The third-order valence-electron chi connectivity index (χ3n) is 5.68. The van der Waals surface area contributed by atoms with Crippen molar-refractivity contribution in [2.24, 2.45) is 5.92 Å². The van der Waals surface area contributed by atoms with Crippen molar-refractivity contribution >= 4 is 14.1 Å². The molecule has 0 fully saturated rings. The normalized spacial score (nSPS) is 20.4. The molecule has 2 nitrogen and oxygen atoms in total. The molecule has 132 valence electrons. The monoisotopic (exact) mass is 344 g/mol. The van der Waals surface area contributed by atoms with Crippen molar-refractivity contribution in [3.05, 3.63) is 47.5 Å². The van der Waals surface area contributed by atoms with Gasteiger partial charge in [-0.2, -0.15) is 0 Å². The SMILES string of the molecule is CC(=O)[C@@H]1CC=C([C@H](O[Si](C)(C)C(C)(C)C)c2ccccc2)CC1. The van der Waals surface area contributed by atoms with Crippen LogP contribution in [0.15, 0.2) is 42.0 Å². The summed E-state index contributed by atoms with van der Waals surface area (Å²) in [7, 11) is -1.88. The van der Waals surface area contributed by atoms with Crippen molar-refractivity contribution in [2.75, 3.05) is 0 Å². The number of carbonyl (C=O) groups excluding carboxylic acids is 1. The molecule has 0 bridgehead atoms. The lowest BCUT2D eigenvalue weighted by molar-refractivity contribution is -0.120. The predicted octanol–water partition coefficient (Wildman–Crippen LogP) is 6.07. The molecule has 0 saturated carbocycles. The summed E-state index contributed by atoms with van der Waals surface area (Å²) >= 11 is 0. The zero-order valence-corrected chi connectivity index (χ0v) is 17.1. The number of hydrogen-bond acceptors (Lipinski definition) is 2. The maximum absolute atomic E-state index is 11.7. The first-order valence-corrected chi connectivity index (χ1v) is 11.9. The first kappa shape index (κ1) is 19.1. The van der Waals surface area contributed by atoms with Crippen molar-refractivity contribution in [3.8, 4) is 0 Å². The smallest absolute Gasteiger partial charge is 0.193 e. The van der Waals surface area contributed by atoms with E-state index in [0.29, 0.717) is 5.78 Å². The van der Waals surface area contributed by atoms with Gasteiger partial charge in [0.2, 0.25) is 0 Å². The van der Waals surface area contributed by atoms with Gasteiger partial charge in [-0.15, -0.1) is 0 Å². The van der Waals surface area contributed by atoms with Crippen LogP contribution < -0.4 is 0 Å². The van der Waals surface area contributed by atoms with E-state index in [4.69, 9.17) is 4.43 Å². The summed E-state index contributed by atoms with van der Waals surface area (Å²) in [6.45, 7) is 13.2. The lowest BCUT2D eigenvalue weighted by Crippen LogP contribution is -2.42. The fraction of sp³-hybridized carbons (Fsp3) is 0.571. The molecule has 2 rings (SSSR count). The number of carbonyl (C=O) groups is 1. The van der Waals surface area contributed by atoms with Crippen molar-refractivity contribution in [3.63, 3.8) is 0 Å². The largest absolute Gasteiger partial charge is 0.406 e. The van der Waals surface area contributed by atoms with Gasteiger partial charge in [-0.05, 0) is 55.5 Å². The molecule has 0 unspecified atom stereocenters. The van der Waals surface area contributed by atoms with E-state index >= 15 is 0 Å². The van der Waals surface area contributed by atoms with Crippen LogP contribution in [0.2, 0.25) is 18.1 Å². The summed E-state index contributed by atoms with van der Waals surface area (Å²) < 4.78 is 6.81. The molecule has 24 heavy (non-hydrogen) atoms. The Morgan fingerprint density at radius 2 is 1.83 bits per heavy atom. The Morgan fingerprint density at radius 1 is 1.21 bits per heavy atom. The minimum Gasteiger partial charge on any atom is -0.406 e. The number of rotatable bonds is 5. The van der Waals surface area contributed by atoms with Gasteiger partial charge in [0.15, 0.2) is 8.32 Å². The van der Waals surface area contributed by atoms with Crippen LogP contribution in [0.3, 0.4) is 0 Å². The minimum atomic E-state index is -1.88. The molecule has 2 atom stereocenters. The fourth-order valence-corrected chi connectivity index (χ4v) is 4.15. The van der Waals surface area contributed by atoms with E-state index in [1.807, 2.05) is 6.07 Å². The average molecular weight is 345 g/mol. The van der Waals surface area contributed by atoms with Gasteiger partial charge in [0.25, 0.3) is 0 Å². The van der Waals surface area contributed by atoms with Crippen LogP contribution in [0.25, 0.3) is 0 Å². The van der Waals surface area contributed by atoms with Crippen molar-refractivity contribution in [1.82, 2.24) is 0 Å². The molecule has 0 spiro atoms. The number of Topliss-reactive ketones (excluding diaryl/α,β-unsaturated/α-hetero) is 1. The zero-order valence-electron chi connectivity index (χ0n) is 16.1. The molecule has 1 aliphatic carbocycles. The van der Waals surface area contributed by atoms with Gasteiger partial charge in [-0.1, -0.05) is 57.2 Å². The van der Waals surface area contributed by atoms with Gasteiger partial charge in [-0.3, -0.25) is 4.79 Å². The Bertz CT molecular complexity index is 596. The Kier molecular flexibility index (Phi) is 5.87. The summed E-state index contributed by atoms with van der Waals surface area (Å²) in [5, 5.41) is 0.178.